The summed E-state index contributed by atoms with van der Waals surface area (Å²) in [4.78, 5) is 39.8. The molecule has 0 aromatic heterocycles. The van der Waals surface area contributed by atoms with Gasteiger partial charge in [0.05, 0.1) is 13.5 Å². The Balaban J connectivity index is 1.23. The third-order valence-electron chi connectivity index (χ3n) is 7.07. The molecule has 1 atom stereocenters. The van der Waals surface area contributed by atoms with E-state index >= 15 is 0 Å². The van der Waals surface area contributed by atoms with Crippen LogP contribution in [-0.2, 0) is 38.6 Å². The molecule has 1 aliphatic rings. The molecule has 0 unspecified atom stereocenters. The quantitative estimate of drug-likeness (QED) is 0.375. The van der Waals surface area contributed by atoms with Gasteiger partial charge in [0.25, 0.3) is 0 Å². The monoisotopic (exact) mass is 528 g/mol. The maximum Gasteiger partial charge on any atom is 0.328 e. The fourth-order valence-electron chi connectivity index (χ4n) is 4.82. The van der Waals surface area contributed by atoms with Crippen molar-refractivity contribution in [3.63, 3.8) is 0 Å². The van der Waals surface area contributed by atoms with Crippen molar-refractivity contribution in [3.8, 4) is 5.75 Å². The first kappa shape index (κ1) is 27.9. The van der Waals surface area contributed by atoms with Crippen LogP contribution in [0.4, 0.5) is 0 Å². The fraction of sp³-hybridized carbons (Fsp3) is 0.344. The number of carbonyl (C=O) groups excluding carboxylic acids is 3. The molecule has 0 bridgehead atoms. The van der Waals surface area contributed by atoms with Crippen molar-refractivity contribution in [3.05, 3.63) is 102 Å². The second kappa shape index (κ2) is 14.1. The summed E-state index contributed by atoms with van der Waals surface area (Å²) < 4.78 is 10.8. The molecule has 1 N–H and O–H groups in total. The average molecular weight is 529 g/mol. The summed E-state index contributed by atoms with van der Waals surface area (Å²) in [5.74, 6) is 0.364. The van der Waals surface area contributed by atoms with Crippen LogP contribution in [0.2, 0.25) is 0 Å². The molecular weight excluding hydrogens is 492 g/mol. The second-order valence-corrected chi connectivity index (χ2v) is 9.96. The largest absolute Gasteiger partial charge is 0.489 e. The van der Waals surface area contributed by atoms with E-state index in [9.17, 15) is 14.4 Å². The number of ether oxygens (including phenoxy) is 2. The number of rotatable bonds is 11. The number of nitrogens with one attached hydrogen (secondary N) is 1. The lowest BCUT2D eigenvalue weighted by molar-refractivity contribution is -0.145. The summed E-state index contributed by atoms with van der Waals surface area (Å²) in [6.07, 6.45) is 2.57. The third-order valence-corrected chi connectivity index (χ3v) is 7.07. The molecule has 0 saturated carbocycles. The van der Waals surface area contributed by atoms with Crippen LogP contribution in [-0.4, -0.2) is 48.9 Å². The molecule has 7 nitrogen and oxygen atoms in total. The van der Waals surface area contributed by atoms with Crippen molar-refractivity contribution < 1.29 is 23.9 Å². The van der Waals surface area contributed by atoms with E-state index in [1.54, 1.807) is 0 Å². The van der Waals surface area contributed by atoms with Gasteiger partial charge in [0, 0.05) is 25.9 Å². The lowest BCUT2D eigenvalue weighted by Crippen LogP contribution is -2.45. The standard InChI is InChI=1S/C32H36N2O5/c1-38-32(37)29(20-25-12-14-28(15-13-25)39-23-27-10-6-3-7-11-27)33-30(35)21-26-16-18-34(19-17-26)31(36)22-24-8-4-2-5-9-24/h2-15,26,29H,16-23H2,1H3,(H,33,35)/t29-/m0/s1. The highest BCUT2D eigenvalue weighted by atomic mass is 16.5. The number of hydrogen-bond donors (Lipinski definition) is 1. The number of esters is 1. The van der Waals surface area contributed by atoms with Gasteiger partial charge in [0.1, 0.15) is 18.4 Å². The summed E-state index contributed by atoms with van der Waals surface area (Å²) in [6.45, 7) is 1.76. The van der Waals surface area contributed by atoms with Crippen molar-refractivity contribution in [2.24, 2.45) is 5.92 Å². The Morgan fingerprint density at radius 1 is 0.846 bits per heavy atom. The highest BCUT2D eigenvalue weighted by Crippen LogP contribution is 2.22. The van der Waals surface area contributed by atoms with Gasteiger partial charge < -0.3 is 19.7 Å². The summed E-state index contributed by atoms with van der Waals surface area (Å²) in [7, 11) is 1.32. The van der Waals surface area contributed by atoms with Crippen molar-refractivity contribution in [1.29, 1.82) is 0 Å². The molecule has 0 radical (unpaired) electrons. The van der Waals surface area contributed by atoms with Gasteiger partial charge in [0.15, 0.2) is 0 Å². The Morgan fingerprint density at radius 3 is 2.08 bits per heavy atom. The topological polar surface area (TPSA) is 84.9 Å². The van der Waals surface area contributed by atoms with Crippen molar-refractivity contribution in [1.82, 2.24) is 10.2 Å². The molecular formula is C32H36N2O5. The minimum Gasteiger partial charge on any atom is -0.489 e. The number of nitrogens with zero attached hydrogens (tertiary/aromatic N) is 1. The summed E-state index contributed by atoms with van der Waals surface area (Å²) in [5.41, 5.74) is 2.98. The minimum absolute atomic E-state index is 0.117. The number of methoxy groups -OCH3 is 1. The zero-order chi connectivity index (χ0) is 27.5. The van der Waals surface area contributed by atoms with Crippen LogP contribution in [0.15, 0.2) is 84.9 Å². The van der Waals surface area contributed by atoms with Crippen LogP contribution in [0.25, 0.3) is 0 Å². The molecule has 2 amide bonds. The van der Waals surface area contributed by atoms with Gasteiger partial charge in [-0.15, -0.1) is 0 Å². The van der Waals surface area contributed by atoms with Crippen molar-refractivity contribution in [2.45, 2.75) is 44.8 Å². The van der Waals surface area contributed by atoms with Gasteiger partial charge in [-0.3, -0.25) is 9.59 Å². The first-order valence-corrected chi connectivity index (χ1v) is 13.4. The molecule has 1 aliphatic heterocycles. The predicted molar refractivity (Wildman–Crippen MR) is 149 cm³/mol. The molecule has 39 heavy (non-hydrogen) atoms. The summed E-state index contributed by atoms with van der Waals surface area (Å²) in [6, 6.07) is 26.4. The lowest BCUT2D eigenvalue weighted by atomic mass is 9.92. The molecule has 1 saturated heterocycles. The molecule has 0 spiro atoms. The van der Waals surface area contributed by atoms with E-state index in [2.05, 4.69) is 5.32 Å². The first-order chi connectivity index (χ1) is 19.0. The van der Waals surface area contributed by atoms with E-state index in [-0.39, 0.29) is 17.7 Å². The predicted octanol–water partition coefficient (Wildman–Crippen LogP) is 4.34. The van der Waals surface area contributed by atoms with Crippen molar-refractivity contribution in [2.75, 3.05) is 20.2 Å². The van der Waals surface area contributed by atoms with Crippen LogP contribution >= 0.6 is 0 Å². The Bertz CT molecular complexity index is 1210. The van der Waals surface area contributed by atoms with Gasteiger partial charge in [-0.2, -0.15) is 0 Å². The van der Waals surface area contributed by atoms with Gasteiger partial charge in [-0.1, -0.05) is 72.8 Å². The SMILES string of the molecule is COC(=O)[C@H](Cc1ccc(OCc2ccccc2)cc1)NC(=O)CC1CCN(C(=O)Cc2ccccc2)CC1. The van der Waals surface area contributed by atoms with E-state index in [1.165, 1.54) is 7.11 Å². The van der Waals surface area contributed by atoms with Gasteiger partial charge in [0.2, 0.25) is 11.8 Å². The second-order valence-electron chi connectivity index (χ2n) is 9.96. The first-order valence-electron chi connectivity index (χ1n) is 13.4. The third kappa shape index (κ3) is 8.70. The highest BCUT2D eigenvalue weighted by Gasteiger charge is 2.27. The molecule has 4 rings (SSSR count). The molecule has 7 heteroatoms. The normalized spacial score (nSPS) is 14.3. The number of carbonyl (C=O) groups is 3. The minimum atomic E-state index is -0.772. The van der Waals surface area contributed by atoms with E-state index in [4.69, 9.17) is 9.47 Å². The van der Waals surface area contributed by atoms with Crippen molar-refractivity contribution >= 4 is 17.8 Å². The Hall–Kier alpha value is -4.13. The average Bonchev–Trinajstić information content (AvgIpc) is 2.97. The molecule has 3 aromatic carbocycles. The van der Waals surface area contributed by atoms with Gasteiger partial charge in [-0.25, -0.2) is 4.79 Å². The van der Waals surface area contributed by atoms with Crippen LogP contribution in [0.5, 0.6) is 5.75 Å². The Morgan fingerprint density at radius 2 is 1.46 bits per heavy atom. The van der Waals surface area contributed by atoms with Crippen LogP contribution in [0, 0.1) is 5.92 Å². The van der Waals surface area contributed by atoms with Crippen LogP contribution < -0.4 is 10.1 Å². The van der Waals surface area contributed by atoms with E-state index < -0.39 is 12.0 Å². The highest BCUT2D eigenvalue weighted by molar-refractivity contribution is 5.85. The number of amides is 2. The van der Waals surface area contributed by atoms with E-state index in [0.717, 1.165) is 35.3 Å². The van der Waals surface area contributed by atoms with Gasteiger partial charge >= 0.3 is 5.97 Å². The number of benzene rings is 3. The van der Waals surface area contributed by atoms with Crippen LogP contribution in [0.3, 0.4) is 0 Å². The Labute approximate surface area is 230 Å². The summed E-state index contributed by atoms with van der Waals surface area (Å²) in [5, 5.41) is 2.87. The molecule has 204 valence electrons. The van der Waals surface area contributed by atoms with Crippen LogP contribution in [0.1, 0.15) is 36.0 Å². The number of piperidine rings is 1. The molecule has 3 aromatic rings. The van der Waals surface area contributed by atoms with E-state index in [1.807, 2.05) is 89.8 Å². The fourth-order valence-corrected chi connectivity index (χ4v) is 4.82. The zero-order valence-electron chi connectivity index (χ0n) is 22.4. The lowest BCUT2D eigenvalue weighted by Gasteiger charge is -2.32. The van der Waals surface area contributed by atoms with E-state index in [0.29, 0.717) is 39.0 Å². The zero-order valence-corrected chi connectivity index (χ0v) is 22.4. The Kier molecular flexibility index (Phi) is 10.1. The number of hydrogen-bond acceptors (Lipinski definition) is 5. The molecule has 0 aliphatic carbocycles. The smallest absolute Gasteiger partial charge is 0.328 e. The molecule has 1 heterocycles. The van der Waals surface area contributed by atoms with Gasteiger partial charge in [-0.05, 0) is 47.6 Å². The maximum atomic E-state index is 12.8. The maximum absolute atomic E-state index is 12.8. The summed E-state index contributed by atoms with van der Waals surface area (Å²) >= 11 is 0. The molecule has 1 fully saturated rings. The number of likely N-dealkylation sites (tertiary alicyclic amines) is 1.